The minimum absolute atomic E-state index is 0.240. The SMILES string of the molecule is CC(NCn1cnc2c1c(=O)n(C)c(=O)n2C)C(O)c1ccccc1. The number of aliphatic hydroxyl groups excluding tert-OH is 1. The second-order valence-electron chi connectivity index (χ2n) is 6.10. The summed E-state index contributed by atoms with van der Waals surface area (Å²) in [5, 5.41) is 13.6. The highest BCUT2D eigenvalue weighted by molar-refractivity contribution is 5.69. The highest BCUT2D eigenvalue weighted by Gasteiger charge is 2.18. The first-order valence-corrected chi connectivity index (χ1v) is 7.99. The van der Waals surface area contributed by atoms with Crippen molar-refractivity contribution < 1.29 is 5.11 Å². The monoisotopic (exact) mass is 343 g/mol. The first kappa shape index (κ1) is 17.1. The summed E-state index contributed by atoms with van der Waals surface area (Å²) in [5.41, 5.74) is 0.693. The van der Waals surface area contributed by atoms with Gasteiger partial charge in [0.2, 0.25) is 0 Å². The highest BCUT2D eigenvalue weighted by Crippen LogP contribution is 2.16. The second-order valence-corrected chi connectivity index (χ2v) is 6.10. The van der Waals surface area contributed by atoms with Crippen molar-refractivity contribution in [1.29, 1.82) is 0 Å². The van der Waals surface area contributed by atoms with Gasteiger partial charge in [0.25, 0.3) is 5.56 Å². The van der Waals surface area contributed by atoms with Gasteiger partial charge in [0.15, 0.2) is 11.2 Å². The van der Waals surface area contributed by atoms with Gasteiger partial charge in [-0.15, -0.1) is 0 Å². The molecule has 0 amide bonds. The molecule has 8 heteroatoms. The summed E-state index contributed by atoms with van der Waals surface area (Å²) < 4.78 is 4.05. The summed E-state index contributed by atoms with van der Waals surface area (Å²) in [4.78, 5) is 28.5. The number of imidazole rings is 1. The van der Waals surface area contributed by atoms with Crippen molar-refractivity contribution in [3.05, 3.63) is 63.1 Å². The molecule has 2 N–H and O–H groups in total. The van der Waals surface area contributed by atoms with Crippen LogP contribution in [-0.4, -0.2) is 29.8 Å². The lowest BCUT2D eigenvalue weighted by molar-refractivity contribution is 0.132. The molecule has 0 saturated heterocycles. The van der Waals surface area contributed by atoms with Crippen molar-refractivity contribution in [2.75, 3.05) is 0 Å². The maximum absolute atomic E-state index is 12.4. The topological polar surface area (TPSA) is 94.1 Å². The number of aliphatic hydroxyl groups is 1. The zero-order valence-corrected chi connectivity index (χ0v) is 14.4. The fraction of sp³-hybridized carbons (Fsp3) is 0.353. The summed E-state index contributed by atoms with van der Waals surface area (Å²) in [7, 11) is 3.02. The van der Waals surface area contributed by atoms with Crippen LogP contribution in [0.5, 0.6) is 0 Å². The van der Waals surface area contributed by atoms with E-state index in [0.29, 0.717) is 11.2 Å². The summed E-state index contributed by atoms with van der Waals surface area (Å²) in [6, 6.07) is 9.13. The molecule has 1 aromatic carbocycles. The van der Waals surface area contributed by atoms with Crippen molar-refractivity contribution in [2.24, 2.45) is 14.1 Å². The van der Waals surface area contributed by atoms with Crippen LogP contribution < -0.4 is 16.6 Å². The Morgan fingerprint density at radius 3 is 2.52 bits per heavy atom. The van der Waals surface area contributed by atoms with E-state index in [1.807, 2.05) is 37.3 Å². The van der Waals surface area contributed by atoms with Crippen LogP contribution in [0.1, 0.15) is 18.6 Å². The Labute approximate surface area is 144 Å². The Balaban J connectivity index is 1.85. The Morgan fingerprint density at radius 1 is 1.16 bits per heavy atom. The van der Waals surface area contributed by atoms with Crippen LogP contribution in [0.3, 0.4) is 0 Å². The molecule has 0 bridgehead atoms. The third-order valence-corrected chi connectivity index (χ3v) is 4.42. The van der Waals surface area contributed by atoms with E-state index in [1.165, 1.54) is 17.9 Å². The number of nitrogens with one attached hydrogen (secondary N) is 1. The molecule has 2 atom stereocenters. The van der Waals surface area contributed by atoms with Gasteiger partial charge in [-0.1, -0.05) is 30.3 Å². The van der Waals surface area contributed by atoms with Crippen LogP contribution >= 0.6 is 0 Å². The first-order chi connectivity index (χ1) is 11.9. The minimum Gasteiger partial charge on any atom is -0.387 e. The van der Waals surface area contributed by atoms with Gasteiger partial charge < -0.3 is 9.67 Å². The van der Waals surface area contributed by atoms with Crippen LogP contribution in [0.4, 0.5) is 0 Å². The van der Waals surface area contributed by atoms with Crippen molar-refractivity contribution in [1.82, 2.24) is 24.0 Å². The molecule has 2 unspecified atom stereocenters. The normalized spacial score (nSPS) is 13.9. The maximum Gasteiger partial charge on any atom is 0.332 e. The van der Waals surface area contributed by atoms with Gasteiger partial charge in [-0.05, 0) is 12.5 Å². The summed E-state index contributed by atoms with van der Waals surface area (Å²) in [6.07, 6.45) is 0.836. The molecular formula is C17H21N5O3. The average molecular weight is 343 g/mol. The van der Waals surface area contributed by atoms with Gasteiger partial charge in [-0.25, -0.2) is 9.78 Å². The molecular weight excluding hydrogens is 322 g/mol. The number of benzene rings is 1. The molecule has 25 heavy (non-hydrogen) atoms. The number of aromatic nitrogens is 4. The molecule has 8 nitrogen and oxygen atoms in total. The molecule has 2 aromatic heterocycles. The molecule has 0 spiro atoms. The number of hydrogen-bond acceptors (Lipinski definition) is 5. The predicted molar refractivity (Wildman–Crippen MR) is 94.2 cm³/mol. The maximum atomic E-state index is 12.4. The first-order valence-electron chi connectivity index (χ1n) is 7.99. The number of rotatable bonds is 5. The number of fused-ring (bicyclic) bond motifs is 1. The summed E-state index contributed by atoms with van der Waals surface area (Å²) in [5.74, 6) is 0. The smallest absolute Gasteiger partial charge is 0.332 e. The third-order valence-electron chi connectivity index (χ3n) is 4.42. The minimum atomic E-state index is -0.678. The Bertz CT molecular complexity index is 1000. The fourth-order valence-corrected chi connectivity index (χ4v) is 2.81. The molecule has 3 aromatic rings. The lowest BCUT2D eigenvalue weighted by Crippen LogP contribution is -2.38. The molecule has 0 aliphatic heterocycles. The van der Waals surface area contributed by atoms with E-state index in [9.17, 15) is 14.7 Å². The van der Waals surface area contributed by atoms with E-state index >= 15 is 0 Å². The van der Waals surface area contributed by atoms with E-state index in [2.05, 4.69) is 10.3 Å². The lowest BCUT2D eigenvalue weighted by Gasteiger charge is -2.21. The lowest BCUT2D eigenvalue weighted by atomic mass is 10.0. The number of aryl methyl sites for hydroxylation is 1. The summed E-state index contributed by atoms with van der Waals surface area (Å²) in [6.45, 7) is 2.15. The van der Waals surface area contributed by atoms with Gasteiger partial charge >= 0.3 is 5.69 Å². The average Bonchev–Trinajstić information content (AvgIpc) is 3.06. The van der Waals surface area contributed by atoms with Gasteiger partial charge in [0, 0.05) is 20.1 Å². The second kappa shape index (κ2) is 6.66. The largest absolute Gasteiger partial charge is 0.387 e. The number of nitrogens with zero attached hydrogens (tertiary/aromatic N) is 4. The van der Waals surface area contributed by atoms with Crippen LogP contribution in [0, 0.1) is 0 Å². The Hall–Kier alpha value is -2.71. The zero-order valence-electron chi connectivity index (χ0n) is 14.4. The molecule has 0 fully saturated rings. The van der Waals surface area contributed by atoms with Crippen molar-refractivity contribution in [3.8, 4) is 0 Å². The fourth-order valence-electron chi connectivity index (χ4n) is 2.81. The van der Waals surface area contributed by atoms with Crippen molar-refractivity contribution in [2.45, 2.75) is 25.7 Å². The Morgan fingerprint density at radius 2 is 1.84 bits per heavy atom. The van der Waals surface area contributed by atoms with E-state index in [0.717, 1.165) is 10.1 Å². The van der Waals surface area contributed by atoms with E-state index in [-0.39, 0.29) is 12.7 Å². The molecule has 0 saturated carbocycles. The summed E-state index contributed by atoms with van der Waals surface area (Å²) >= 11 is 0. The predicted octanol–water partition coefficient (Wildman–Crippen LogP) is 0.103. The molecule has 132 valence electrons. The third kappa shape index (κ3) is 3.01. The molecule has 0 radical (unpaired) electrons. The molecule has 0 aliphatic carbocycles. The molecule has 3 rings (SSSR count). The van der Waals surface area contributed by atoms with Crippen molar-refractivity contribution in [3.63, 3.8) is 0 Å². The van der Waals surface area contributed by atoms with Crippen LogP contribution in [0.2, 0.25) is 0 Å². The molecule has 0 aliphatic rings. The standard InChI is InChI=1S/C17H21N5O3/c1-11(14(23)12-7-5-4-6-8-12)18-9-22-10-19-15-13(22)16(24)21(3)17(25)20(15)2/h4-8,10-11,14,18,23H,9H2,1-3H3. The zero-order chi connectivity index (χ0) is 18.1. The highest BCUT2D eigenvalue weighted by atomic mass is 16.3. The van der Waals surface area contributed by atoms with Gasteiger partial charge in [0.1, 0.15) is 0 Å². The van der Waals surface area contributed by atoms with Crippen LogP contribution in [-0.2, 0) is 20.8 Å². The quantitative estimate of drug-likeness (QED) is 0.685. The van der Waals surface area contributed by atoms with Gasteiger partial charge in [0.05, 0.1) is 19.1 Å². The van der Waals surface area contributed by atoms with Crippen LogP contribution in [0.15, 0.2) is 46.2 Å². The van der Waals surface area contributed by atoms with Gasteiger partial charge in [-0.3, -0.25) is 19.2 Å². The van der Waals surface area contributed by atoms with Gasteiger partial charge in [-0.2, -0.15) is 0 Å². The van der Waals surface area contributed by atoms with Crippen LogP contribution in [0.25, 0.3) is 11.2 Å². The van der Waals surface area contributed by atoms with E-state index in [1.54, 1.807) is 11.6 Å². The van der Waals surface area contributed by atoms with E-state index in [4.69, 9.17) is 0 Å². The number of hydrogen-bond donors (Lipinski definition) is 2. The van der Waals surface area contributed by atoms with E-state index < -0.39 is 17.4 Å². The Kier molecular flexibility index (Phi) is 4.56. The van der Waals surface area contributed by atoms with Crippen molar-refractivity contribution >= 4 is 11.2 Å². The molecule has 2 heterocycles.